The maximum absolute atomic E-state index is 6.66. The molecule has 3 aliphatic rings. The van der Waals surface area contributed by atoms with Crippen LogP contribution in [0.3, 0.4) is 0 Å². The molecule has 0 spiro atoms. The highest BCUT2D eigenvalue weighted by molar-refractivity contribution is 6.21. The van der Waals surface area contributed by atoms with Crippen LogP contribution in [0.4, 0.5) is 0 Å². The maximum atomic E-state index is 6.66. The van der Waals surface area contributed by atoms with Crippen molar-refractivity contribution in [2.24, 2.45) is 5.92 Å². The molecule has 8 rings (SSSR count). The summed E-state index contributed by atoms with van der Waals surface area (Å²) in [5.41, 5.74) is 7.67. The smallest absolute Gasteiger partial charge is 0.130 e. The van der Waals surface area contributed by atoms with Gasteiger partial charge in [0.2, 0.25) is 0 Å². The molecule has 0 saturated carbocycles. The molecule has 0 amide bonds. The van der Waals surface area contributed by atoms with E-state index in [9.17, 15) is 0 Å². The van der Waals surface area contributed by atoms with Crippen LogP contribution in [0.25, 0.3) is 43.8 Å². The van der Waals surface area contributed by atoms with Gasteiger partial charge >= 0.3 is 0 Å². The Morgan fingerprint density at radius 3 is 1.90 bits per heavy atom. The molecule has 0 saturated heterocycles. The monoisotopic (exact) mass is 500 g/mol. The number of fused-ring (bicyclic) bond motifs is 6. The number of hydrogen-bond donors (Lipinski definition) is 0. The Kier molecular flexibility index (Phi) is 5.16. The molecule has 5 aromatic rings. The van der Waals surface area contributed by atoms with Crippen molar-refractivity contribution in [3.63, 3.8) is 0 Å². The van der Waals surface area contributed by atoms with Gasteiger partial charge in [-0.15, -0.1) is 0 Å². The van der Waals surface area contributed by atoms with Crippen molar-refractivity contribution in [2.75, 3.05) is 0 Å². The van der Waals surface area contributed by atoms with Crippen molar-refractivity contribution < 1.29 is 4.74 Å². The Morgan fingerprint density at radius 2 is 1.21 bits per heavy atom. The zero-order chi connectivity index (χ0) is 25.8. The molecule has 0 radical (unpaired) electrons. The minimum atomic E-state index is 0.251. The number of ether oxygens (including phenoxy) is 1. The van der Waals surface area contributed by atoms with E-state index in [2.05, 4.69) is 134 Å². The van der Waals surface area contributed by atoms with Crippen LogP contribution in [0, 0.1) is 5.92 Å². The lowest BCUT2D eigenvalue weighted by Gasteiger charge is -2.25. The van der Waals surface area contributed by atoms with Crippen LogP contribution in [0.2, 0.25) is 0 Å². The molecule has 0 bridgehead atoms. The van der Waals surface area contributed by atoms with Gasteiger partial charge in [-0.25, -0.2) is 0 Å². The quantitative estimate of drug-likeness (QED) is 0.219. The van der Waals surface area contributed by atoms with Gasteiger partial charge in [0.15, 0.2) is 0 Å². The average molecular weight is 501 g/mol. The van der Waals surface area contributed by atoms with Crippen molar-refractivity contribution in [1.82, 2.24) is 0 Å². The number of benzene rings is 5. The van der Waals surface area contributed by atoms with Gasteiger partial charge in [0, 0.05) is 23.8 Å². The molecule has 2 atom stereocenters. The maximum Gasteiger partial charge on any atom is 0.130 e. The first kappa shape index (κ1) is 22.4. The summed E-state index contributed by atoms with van der Waals surface area (Å²) in [4.78, 5) is 0. The van der Waals surface area contributed by atoms with Crippen LogP contribution >= 0.6 is 0 Å². The molecular weight excluding hydrogens is 472 g/mol. The fourth-order valence-electron chi connectivity index (χ4n) is 6.82. The predicted octanol–water partition coefficient (Wildman–Crippen LogP) is 10.1. The minimum Gasteiger partial charge on any atom is -0.461 e. The molecule has 39 heavy (non-hydrogen) atoms. The Hall–Kier alpha value is -4.62. The number of rotatable bonds is 2. The molecule has 2 unspecified atom stereocenters. The van der Waals surface area contributed by atoms with Gasteiger partial charge in [0.25, 0.3) is 0 Å². The van der Waals surface area contributed by atoms with Crippen LogP contribution in [0.1, 0.15) is 24.3 Å². The highest BCUT2D eigenvalue weighted by Crippen LogP contribution is 2.49. The summed E-state index contributed by atoms with van der Waals surface area (Å²) in [6.07, 6.45) is 15.7. The number of hydrogen-bond acceptors (Lipinski definition) is 1. The molecule has 1 heteroatoms. The topological polar surface area (TPSA) is 9.23 Å². The molecule has 186 valence electrons. The highest BCUT2D eigenvalue weighted by Gasteiger charge is 2.32. The Labute approximate surface area is 229 Å². The third-order valence-corrected chi connectivity index (χ3v) is 8.54. The van der Waals surface area contributed by atoms with E-state index in [1.54, 1.807) is 0 Å². The van der Waals surface area contributed by atoms with Crippen molar-refractivity contribution in [3.05, 3.63) is 150 Å². The molecule has 1 aliphatic heterocycles. The van der Waals surface area contributed by atoms with E-state index in [0.29, 0.717) is 5.92 Å². The Balaban J connectivity index is 1.39. The van der Waals surface area contributed by atoms with E-state index in [1.807, 2.05) is 0 Å². The predicted molar refractivity (Wildman–Crippen MR) is 163 cm³/mol. The summed E-state index contributed by atoms with van der Waals surface area (Å²) in [6.45, 7) is 0. The van der Waals surface area contributed by atoms with Crippen LogP contribution in [-0.4, -0.2) is 0 Å². The van der Waals surface area contributed by atoms with Crippen molar-refractivity contribution >= 4 is 21.5 Å². The normalized spacial score (nSPS) is 19.4. The lowest BCUT2D eigenvalue weighted by Crippen LogP contribution is -2.13. The van der Waals surface area contributed by atoms with E-state index >= 15 is 0 Å². The highest BCUT2D eigenvalue weighted by atomic mass is 16.5. The Morgan fingerprint density at radius 1 is 0.590 bits per heavy atom. The molecule has 0 N–H and O–H groups in total. The summed E-state index contributed by atoms with van der Waals surface area (Å²) in [6, 6.07) is 35.4. The zero-order valence-electron chi connectivity index (χ0n) is 21.7. The first-order valence-corrected chi connectivity index (χ1v) is 13.9. The zero-order valence-corrected chi connectivity index (χ0v) is 21.7. The van der Waals surface area contributed by atoms with Gasteiger partial charge < -0.3 is 4.74 Å². The number of allylic oxidation sites excluding steroid dienone is 8. The second-order valence-electron chi connectivity index (χ2n) is 10.7. The summed E-state index contributed by atoms with van der Waals surface area (Å²) in [5, 5.41) is 5.12. The summed E-state index contributed by atoms with van der Waals surface area (Å²) in [7, 11) is 0. The summed E-state index contributed by atoms with van der Waals surface area (Å²) < 4.78 is 6.66. The fourth-order valence-corrected chi connectivity index (χ4v) is 6.82. The molecular formula is C38H28O. The van der Waals surface area contributed by atoms with Crippen LogP contribution < -0.4 is 4.74 Å². The molecule has 2 aliphatic carbocycles. The van der Waals surface area contributed by atoms with Crippen molar-refractivity contribution in [1.29, 1.82) is 0 Å². The van der Waals surface area contributed by atoms with E-state index in [0.717, 1.165) is 24.4 Å². The second kappa shape index (κ2) is 8.99. The average Bonchev–Trinajstić information content (AvgIpc) is 3.14. The summed E-state index contributed by atoms with van der Waals surface area (Å²) in [5.74, 6) is 2.67. The standard InChI is InChI=1S/C38H28O/c1-2-12-25(13-3-1)37-30-17-6-8-19-32(30)38(33-20-9-7-18-31(33)37)26-22-23-36-34(24-26)28-15-5-4-14-27(28)29-16-10-11-21-35(29)39-36/h1-10,12-20,22-24,27-28H,11,21H2. The van der Waals surface area contributed by atoms with E-state index in [1.165, 1.54) is 54.9 Å². The first-order valence-electron chi connectivity index (χ1n) is 13.9. The van der Waals surface area contributed by atoms with Crippen LogP contribution in [-0.2, 0) is 0 Å². The minimum absolute atomic E-state index is 0.251. The molecule has 0 fully saturated rings. The van der Waals surface area contributed by atoms with Gasteiger partial charge in [-0.1, -0.05) is 121 Å². The van der Waals surface area contributed by atoms with Gasteiger partial charge in [-0.05, 0) is 67.9 Å². The fraction of sp³-hybridized carbons (Fsp3) is 0.105. The van der Waals surface area contributed by atoms with E-state index in [4.69, 9.17) is 4.74 Å². The van der Waals surface area contributed by atoms with Gasteiger partial charge in [0.05, 0.1) is 0 Å². The van der Waals surface area contributed by atoms with Crippen molar-refractivity contribution in [3.8, 4) is 28.0 Å². The lowest BCUT2D eigenvalue weighted by molar-refractivity contribution is 0.396. The lowest BCUT2D eigenvalue weighted by atomic mass is 9.76. The van der Waals surface area contributed by atoms with Crippen molar-refractivity contribution in [2.45, 2.75) is 18.8 Å². The molecule has 1 heterocycles. The molecule has 0 aromatic heterocycles. The van der Waals surface area contributed by atoms with Gasteiger partial charge in [-0.3, -0.25) is 0 Å². The molecule has 5 aromatic carbocycles. The third kappa shape index (κ3) is 3.54. The van der Waals surface area contributed by atoms with E-state index in [-0.39, 0.29) is 5.92 Å². The van der Waals surface area contributed by atoms with Gasteiger partial charge in [-0.2, -0.15) is 0 Å². The molecule has 1 nitrogen and oxygen atoms in total. The van der Waals surface area contributed by atoms with Gasteiger partial charge in [0.1, 0.15) is 11.5 Å². The Bertz CT molecular complexity index is 1830. The van der Waals surface area contributed by atoms with E-state index < -0.39 is 0 Å². The van der Waals surface area contributed by atoms with Crippen LogP contribution in [0.5, 0.6) is 5.75 Å². The van der Waals surface area contributed by atoms with Crippen LogP contribution in [0.15, 0.2) is 145 Å². The second-order valence-corrected chi connectivity index (χ2v) is 10.7. The summed E-state index contributed by atoms with van der Waals surface area (Å²) >= 11 is 0. The third-order valence-electron chi connectivity index (χ3n) is 8.54. The largest absolute Gasteiger partial charge is 0.461 e. The first-order chi connectivity index (χ1) is 19.4. The SMILES string of the molecule is C1=CC2C3=C(CCC=C3)Oc3ccc(-c4c5ccccc5c(-c5ccccc5)c5ccccc45)cc3C2C=C1.